The van der Waals surface area contributed by atoms with Crippen LogP contribution < -0.4 is 15.4 Å². The quantitative estimate of drug-likeness (QED) is 0.868. The molecule has 2 aliphatic rings. The van der Waals surface area contributed by atoms with Gasteiger partial charge in [0.05, 0.1) is 0 Å². The second-order valence-corrected chi connectivity index (χ2v) is 5.85. The van der Waals surface area contributed by atoms with E-state index < -0.39 is 12.1 Å². The molecule has 2 amide bonds. The predicted octanol–water partition coefficient (Wildman–Crippen LogP) is 1.43. The molecule has 0 spiro atoms. The maximum absolute atomic E-state index is 12.3. The normalized spacial score (nSPS) is 24.5. The highest BCUT2D eigenvalue weighted by Crippen LogP contribution is 2.31. The van der Waals surface area contributed by atoms with Crippen molar-refractivity contribution in [3.63, 3.8) is 0 Å². The second kappa shape index (κ2) is 5.93. The number of carbonyl (C=O) groups is 2. The molecule has 0 aromatic heterocycles. The predicted molar refractivity (Wildman–Crippen MR) is 78.4 cm³/mol. The van der Waals surface area contributed by atoms with Crippen LogP contribution in [0.1, 0.15) is 24.8 Å². The molecule has 2 atom stereocenters. The summed E-state index contributed by atoms with van der Waals surface area (Å²) in [4.78, 5) is 24.1. The maximum atomic E-state index is 12.3. The molecule has 21 heavy (non-hydrogen) atoms. The lowest BCUT2D eigenvalue weighted by molar-refractivity contribution is -0.132. The Kier molecular flexibility index (Phi) is 4.01. The molecule has 0 bridgehead atoms. The van der Waals surface area contributed by atoms with E-state index in [2.05, 4.69) is 10.6 Å². The molecule has 1 fully saturated rings. The number of nitrogens with one attached hydrogen (secondary N) is 2. The zero-order chi connectivity index (χ0) is 14.8. The molecule has 2 heterocycles. The Morgan fingerprint density at radius 2 is 2.24 bits per heavy atom. The third-order valence-corrected chi connectivity index (χ3v) is 4.08. The molecule has 2 aliphatic heterocycles. The van der Waals surface area contributed by atoms with Gasteiger partial charge in [0.1, 0.15) is 11.8 Å². The summed E-state index contributed by atoms with van der Waals surface area (Å²) in [5.41, 5.74) is 0.924. The summed E-state index contributed by atoms with van der Waals surface area (Å²) in [7, 11) is 0. The summed E-state index contributed by atoms with van der Waals surface area (Å²) < 4.78 is 5.63. The molecule has 6 heteroatoms. The molecular weight excluding hydrogens is 292 g/mol. The van der Waals surface area contributed by atoms with Crippen molar-refractivity contribution in [3.8, 4) is 5.75 Å². The molecule has 0 saturated carbocycles. The third-order valence-electron chi connectivity index (χ3n) is 3.84. The minimum Gasteiger partial charge on any atom is -0.480 e. The van der Waals surface area contributed by atoms with Gasteiger partial charge in [0.15, 0.2) is 6.10 Å². The van der Waals surface area contributed by atoms with E-state index >= 15 is 0 Å². The molecular formula is C15H17ClN2O3. The second-order valence-electron chi connectivity index (χ2n) is 5.41. The Hall–Kier alpha value is -1.75. The van der Waals surface area contributed by atoms with E-state index in [-0.39, 0.29) is 11.8 Å². The number of carbonyl (C=O) groups excluding carboxylic acids is 2. The topological polar surface area (TPSA) is 67.4 Å². The molecule has 1 saturated heterocycles. The molecule has 0 unspecified atom stereocenters. The molecule has 5 nitrogen and oxygen atoms in total. The minimum atomic E-state index is -0.588. The van der Waals surface area contributed by atoms with Crippen LogP contribution in [-0.2, 0) is 16.0 Å². The largest absolute Gasteiger partial charge is 0.480 e. The first-order valence-corrected chi connectivity index (χ1v) is 7.54. The van der Waals surface area contributed by atoms with Crippen LogP contribution >= 0.6 is 11.6 Å². The first-order chi connectivity index (χ1) is 10.1. The van der Waals surface area contributed by atoms with Crippen molar-refractivity contribution in [3.05, 3.63) is 28.8 Å². The van der Waals surface area contributed by atoms with E-state index in [0.29, 0.717) is 30.2 Å². The summed E-state index contributed by atoms with van der Waals surface area (Å²) in [6, 6.07) is 4.85. The van der Waals surface area contributed by atoms with Crippen LogP contribution in [0.15, 0.2) is 18.2 Å². The van der Waals surface area contributed by atoms with Gasteiger partial charge in [0, 0.05) is 18.0 Å². The smallest absolute Gasteiger partial charge is 0.262 e. The zero-order valence-corrected chi connectivity index (χ0v) is 12.3. The lowest BCUT2D eigenvalue weighted by atomic mass is 10.1. The highest BCUT2D eigenvalue weighted by atomic mass is 35.5. The van der Waals surface area contributed by atoms with Gasteiger partial charge in [-0.15, -0.1) is 0 Å². The highest BCUT2D eigenvalue weighted by molar-refractivity contribution is 6.30. The van der Waals surface area contributed by atoms with Crippen molar-refractivity contribution in [2.45, 2.75) is 37.8 Å². The SMILES string of the molecule is O=C1NCCCC[C@@H]1NC(=O)[C@H]1Cc2cc(Cl)ccc2O1. The van der Waals surface area contributed by atoms with E-state index in [9.17, 15) is 9.59 Å². The van der Waals surface area contributed by atoms with Crippen LogP contribution in [0.5, 0.6) is 5.75 Å². The maximum Gasteiger partial charge on any atom is 0.262 e. The van der Waals surface area contributed by atoms with Gasteiger partial charge in [-0.2, -0.15) is 0 Å². The fourth-order valence-electron chi connectivity index (χ4n) is 2.71. The first-order valence-electron chi connectivity index (χ1n) is 7.16. The average Bonchev–Trinajstić information content (AvgIpc) is 2.78. The summed E-state index contributed by atoms with van der Waals surface area (Å²) in [5, 5.41) is 6.22. The zero-order valence-electron chi connectivity index (χ0n) is 11.5. The fourth-order valence-corrected chi connectivity index (χ4v) is 2.90. The van der Waals surface area contributed by atoms with Gasteiger partial charge in [-0.3, -0.25) is 9.59 Å². The Balaban J connectivity index is 1.63. The standard InChI is InChI=1S/C15H17ClN2O3/c16-10-4-5-12-9(7-10)8-13(21-12)15(20)18-11-3-1-2-6-17-14(11)19/h4-5,7,11,13H,1-3,6,8H2,(H,17,19)(H,18,20)/t11-,13+/m0/s1. The molecule has 1 aromatic rings. The average molecular weight is 309 g/mol. The van der Waals surface area contributed by atoms with Crippen molar-refractivity contribution >= 4 is 23.4 Å². The van der Waals surface area contributed by atoms with Gasteiger partial charge in [-0.1, -0.05) is 11.6 Å². The Morgan fingerprint density at radius 3 is 3.10 bits per heavy atom. The number of benzene rings is 1. The van der Waals surface area contributed by atoms with Crippen LogP contribution in [-0.4, -0.2) is 30.5 Å². The van der Waals surface area contributed by atoms with Gasteiger partial charge in [-0.05, 0) is 43.0 Å². The number of amides is 2. The monoisotopic (exact) mass is 308 g/mol. The number of hydrogen-bond acceptors (Lipinski definition) is 3. The van der Waals surface area contributed by atoms with Crippen LogP contribution in [0.25, 0.3) is 0 Å². The summed E-state index contributed by atoms with van der Waals surface area (Å²) >= 11 is 5.93. The molecule has 0 radical (unpaired) electrons. The van der Waals surface area contributed by atoms with Gasteiger partial charge < -0.3 is 15.4 Å². The lowest BCUT2D eigenvalue weighted by Crippen LogP contribution is -2.49. The molecule has 0 aliphatic carbocycles. The Morgan fingerprint density at radius 1 is 1.38 bits per heavy atom. The van der Waals surface area contributed by atoms with Crippen LogP contribution in [0.2, 0.25) is 5.02 Å². The third kappa shape index (κ3) is 3.13. The highest BCUT2D eigenvalue weighted by Gasteiger charge is 2.32. The number of rotatable bonds is 2. The van der Waals surface area contributed by atoms with Gasteiger partial charge in [0.2, 0.25) is 5.91 Å². The Bertz CT molecular complexity index is 576. The van der Waals surface area contributed by atoms with Crippen molar-refractivity contribution in [2.24, 2.45) is 0 Å². The van der Waals surface area contributed by atoms with Crippen molar-refractivity contribution in [2.75, 3.05) is 6.54 Å². The van der Waals surface area contributed by atoms with Gasteiger partial charge in [-0.25, -0.2) is 0 Å². The number of fused-ring (bicyclic) bond motifs is 1. The van der Waals surface area contributed by atoms with Crippen LogP contribution in [0.3, 0.4) is 0 Å². The van der Waals surface area contributed by atoms with Crippen molar-refractivity contribution in [1.82, 2.24) is 10.6 Å². The van der Waals surface area contributed by atoms with E-state index in [1.54, 1.807) is 12.1 Å². The lowest BCUT2D eigenvalue weighted by Gasteiger charge is -2.18. The van der Waals surface area contributed by atoms with Crippen molar-refractivity contribution < 1.29 is 14.3 Å². The van der Waals surface area contributed by atoms with Crippen LogP contribution in [0.4, 0.5) is 0 Å². The summed E-state index contributed by atoms with van der Waals surface area (Å²) in [6.07, 6.45) is 2.43. The van der Waals surface area contributed by atoms with Gasteiger partial charge >= 0.3 is 0 Å². The molecule has 1 aromatic carbocycles. The summed E-state index contributed by atoms with van der Waals surface area (Å²) in [5.74, 6) is 0.327. The fraction of sp³-hybridized carbons (Fsp3) is 0.467. The molecule has 2 N–H and O–H groups in total. The van der Waals surface area contributed by atoms with Gasteiger partial charge in [0.25, 0.3) is 5.91 Å². The number of ether oxygens (including phenoxy) is 1. The number of halogens is 1. The number of hydrogen-bond donors (Lipinski definition) is 2. The van der Waals surface area contributed by atoms with E-state index in [0.717, 1.165) is 18.4 Å². The minimum absolute atomic E-state index is 0.112. The van der Waals surface area contributed by atoms with E-state index in [4.69, 9.17) is 16.3 Å². The first kappa shape index (κ1) is 14.2. The van der Waals surface area contributed by atoms with E-state index in [1.165, 1.54) is 0 Å². The molecule has 112 valence electrons. The summed E-state index contributed by atoms with van der Waals surface area (Å²) in [6.45, 7) is 0.676. The van der Waals surface area contributed by atoms with Crippen LogP contribution in [0, 0.1) is 0 Å². The van der Waals surface area contributed by atoms with Crippen molar-refractivity contribution in [1.29, 1.82) is 0 Å². The molecule has 3 rings (SSSR count). The Labute approximate surface area is 128 Å². The van der Waals surface area contributed by atoms with E-state index in [1.807, 2.05) is 6.07 Å².